The molecule has 0 saturated carbocycles. The Labute approximate surface area is 132 Å². The van der Waals surface area contributed by atoms with Gasteiger partial charge in [-0.15, -0.1) is 0 Å². The molecule has 1 saturated heterocycles. The molecule has 3 rings (SSSR count). The summed E-state index contributed by atoms with van der Waals surface area (Å²) in [4.78, 5) is 0. The molecule has 1 N–H and O–H groups in total. The molecular weight excluding hydrogens is 333 g/mol. The van der Waals surface area contributed by atoms with Crippen molar-refractivity contribution in [2.75, 3.05) is 6.54 Å². The Bertz CT molecular complexity index is 588. The molecule has 110 valence electrons. The van der Waals surface area contributed by atoms with Crippen LogP contribution in [0.4, 0.5) is 4.39 Å². The Balaban J connectivity index is 1.76. The van der Waals surface area contributed by atoms with Gasteiger partial charge in [-0.3, -0.25) is 0 Å². The summed E-state index contributed by atoms with van der Waals surface area (Å²) in [5, 5.41) is 3.38. The van der Waals surface area contributed by atoms with E-state index in [0.29, 0.717) is 11.1 Å². The maximum Gasteiger partial charge on any atom is 0.169 e. The Morgan fingerprint density at radius 3 is 2.71 bits per heavy atom. The molecule has 1 heterocycles. The molecule has 0 aromatic heterocycles. The Hall–Kier alpha value is -1.39. The zero-order valence-corrected chi connectivity index (χ0v) is 13.2. The number of benzene rings is 2. The van der Waals surface area contributed by atoms with E-state index in [9.17, 15) is 4.39 Å². The number of rotatable bonds is 4. The van der Waals surface area contributed by atoms with E-state index in [2.05, 4.69) is 21.2 Å². The van der Waals surface area contributed by atoms with E-state index in [1.54, 1.807) is 6.07 Å². The highest BCUT2D eigenvalue weighted by atomic mass is 79.9. The second kappa shape index (κ2) is 6.58. The van der Waals surface area contributed by atoms with Crippen molar-refractivity contribution in [3.8, 4) is 5.75 Å². The lowest BCUT2D eigenvalue weighted by Gasteiger charge is -2.15. The number of nitrogens with one attached hydrogen (secondary N) is 1. The molecule has 4 heteroatoms. The van der Waals surface area contributed by atoms with Crippen LogP contribution in [0.3, 0.4) is 0 Å². The highest BCUT2D eigenvalue weighted by Gasteiger charge is 2.20. The normalized spacial score (nSPS) is 17.9. The molecule has 0 bridgehead atoms. The predicted octanol–water partition coefficient (Wildman–Crippen LogP) is 4.59. The van der Waals surface area contributed by atoms with Gasteiger partial charge in [0.15, 0.2) is 11.6 Å². The van der Waals surface area contributed by atoms with E-state index in [4.69, 9.17) is 4.74 Å². The van der Waals surface area contributed by atoms with Gasteiger partial charge in [-0.2, -0.15) is 0 Å². The van der Waals surface area contributed by atoms with Gasteiger partial charge in [-0.05, 0) is 58.6 Å². The average Bonchev–Trinajstić information content (AvgIpc) is 3.01. The first-order valence-corrected chi connectivity index (χ1v) is 7.92. The van der Waals surface area contributed by atoms with Crippen molar-refractivity contribution in [3.63, 3.8) is 0 Å². The lowest BCUT2D eigenvalue weighted by Crippen LogP contribution is -2.13. The van der Waals surface area contributed by atoms with Crippen LogP contribution in [0.15, 0.2) is 46.9 Å². The van der Waals surface area contributed by atoms with Gasteiger partial charge in [-0.25, -0.2) is 4.39 Å². The van der Waals surface area contributed by atoms with Gasteiger partial charge in [0, 0.05) is 6.04 Å². The zero-order valence-electron chi connectivity index (χ0n) is 11.6. The summed E-state index contributed by atoms with van der Waals surface area (Å²) >= 11 is 3.43. The lowest BCUT2D eigenvalue weighted by molar-refractivity contribution is 0.288. The largest absolute Gasteiger partial charge is 0.485 e. The monoisotopic (exact) mass is 349 g/mol. The van der Waals surface area contributed by atoms with Gasteiger partial charge in [0.25, 0.3) is 0 Å². The van der Waals surface area contributed by atoms with Gasteiger partial charge < -0.3 is 10.1 Å². The van der Waals surface area contributed by atoms with Crippen molar-refractivity contribution in [3.05, 3.63) is 63.9 Å². The summed E-state index contributed by atoms with van der Waals surface area (Å²) in [7, 11) is 0. The average molecular weight is 350 g/mol. The van der Waals surface area contributed by atoms with Gasteiger partial charge in [-0.1, -0.05) is 30.3 Å². The van der Waals surface area contributed by atoms with Crippen molar-refractivity contribution >= 4 is 15.9 Å². The highest BCUT2D eigenvalue weighted by Crippen LogP contribution is 2.34. The van der Waals surface area contributed by atoms with Crippen molar-refractivity contribution < 1.29 is 9.13 Å². The quantitative estimate of drug-likeness (QED) is 0.871. The molecule has 0 amide bonds. The molecule has 2 aromatic rings. The van der Waals surface area contributed by atoms with Crippen LogP contribution in [0, 0.1) is 5.82 Å². The third kappa shape index (κ3) is 3.44. The molecule has 0 spiro atoms. The van der Waals surface area contributed by atoms with Gasteiger partial charge in [0.1, 0.15) is 6.61 Å². The maximum absolute atomic E-state index is 14.3. The molecule has 1 unspecified atom stereocenters. The predicted molar refractivity (Wildman–Crippen MR) is 84.9 cm³/mol. The highest BCUT2D eigenvalue weighted by molar-refractivity contribution is 9.10. The molecule has 1 atom stereocenters. The van der Waals surface area contributed by atoms with Crippen LogP contribution >= 0.6 is 15.9 Å². The lowest BCUT2D eigenvalue weighted by atomic mass is 10.1. The summed E-state index contributed by atoms with van der Waals surface area (Å²) in [5.74, 6) is -0.0374. The molecule has 21 heavy (non-hydrogen) atoms. The van der Waals surface area contributed by atoms with Crippen LogP contribution in [0.5, 0.6) is 5.75 Å². The molecule has 1 fully saturated rings. The van der Waals surface area contributed by atoms with Crippen LogP contribution < -0.4 is 10.1 Å². The Morgan fingerprint density at radius 1 is 1.24 bits per heavy atom. The van der Waals surface area contributed by atoms with Crippen molar-refractivity contribution in [2.24, 2.45) is 0 Å². The number of halogens is 2. The minimum Gasteiger partial charge on any atom is -0.485 e. The topological polar surface area (TPSA) is 21.3 Å². The number of ether oxygens (including phenoxy) is 1. The summed E-state index contributed by atoms with van der Waals surface area (Å²) in [6.45, 7) is 1.35. The van der Waals surface area contributed by atoms with E-state index in [0.717, 1.165) is 30.5 Å². The van der Waals surface area contributed by atoms with Crippen LogP contribution in [0.25, 0.3) is 0 Å². The van der Waals surface area contributed by atoms with Gasteiger partial charge in [0.05, 0.1) is 4.47 Å². The summed E-state index contributed by atoms with van der Waals surface area (Å²) < 4.78 is 20.6. The third-order valence-corrected chi connectivity index (χ3v) is 4.30. The van der Waals surface area contributed by atoms with E-state index >= 15 is 0 Å². The van der Waals surface area contributed by atoms with E-state index in [1.807, 2.05) is 36.4 Å². The minimum atomic E-state index is -0.316. The van der Waals surface area contributed by atoms with E-state index < -0.39 is 0 Å². The van der Waals surface area contributed by atoms with Crippen LogP contribution in [0.1, 0.15) is 30.0 Å². The van der Waals surface area contributed by atoms with Crippen LogP contribution in [0.2, 0.25) is 0 Å². The molecular formula is C17H17BrFNO. The van der Waals surface area contributed by atoms with E-state index in [-0.39, 0.29) is 17.6 Å². The van der Waals surface area contributed by atoms with Crippen molar-refractivity contribution in [2.45, 2.75) is 25.5 Å². The Morgan fingerprint density at radius 2 is 2.05 bits per heavy atom. The van der Waals surface area contributed by atoms with Gasteiger partial charge in [0.2, 0.25) is 0 Å². The summed E-state index contributed by atoms with van der Waals surface area (Å²) in [6, 6.07) is 13.5. The first-order chi connectivity index (χ1) is 10.2. The fourth-order valence-corrected chi connectivity index (χ4v) is 3.19. The standard InChI is InChI=1S/C17H17BrFNO/c18-14-9-13(16-7-4-8-20-16)10-15(19)17(14)21-11-12-5-2-1-3-6-12/h1-3,5-6,9-10,16,20H,4,7-8,11H2. The molecule has 1 aliphatic heterocycles. The molecule has 0 aliphatic carbocycles. The first-order valence-electron chi connectivity index (χ1n) is 7.13. The van der Waals surface area contributed by atoms with Crippen molar-refractivity contribution in [1.82, 2.24) is 5.32 Å². The van der Waals surface area contributed by atoms with Crippen molar-refractivity contribution in [1.29, 1.82) is 0 Å². The third-order valence-electron chi connectivity index (χ3n) is 3.71. The SMILES string of the molecule is Fc1cc(C2CCCN2)cc(Br)c1OCc1ccccc1. The van der Waals surface area contributed by atoms with Crippen LogP contribution in [-0.4, -0.2) is 6.54 Å². The smallest absolute Gasteiger partial charge is 0.169 e. The zero-order chi connectivity index (χ0) is 14.7. The minimum absolute atomic E-state index is 0.249. The van der Waals surface area contributed by atoms with Gasteiger partial charge >= 0.3 is 0 Å². The summed E-state index contributed by atoms with van der Waals surface area (Å²) in [5.41, 5.74) is 1.99. The fourth-order valence-electron chi connectivity index (χ4n) is 2.62. The van der Waals surface area contributed by atoms with E-state index in [1.165, 1.54) is 0 Å². The fraction of sp³-hybridized carbons (Fsp3) is 0.294. The molecule has 2 nitrogen and oxygen atoms in total. The van der Waals surface area contributed by atoms with Crippen LogP contribution in [-0.2, 0) is 6.61 Å². The maximum atomic E-state index is 14.3. The molecule has 2 aromatic carbocycles. The number of hydrogen-bond acceptors (Lipinski definition) is 2. The Kier molecular flexibility index (Phi) is 4.56. The summed E-state index contributed by atoms with van der Waals surface area (Å²) in [6.07, 6.45) is 2.19. The molecule has 0 radical (unpaired) electrons. The second-order valence-corrected chi connectivity index (χ2v) is 6.09. The number of hydrogen-bond donors (Lipinski definition) is 1. The second-order valence-electron chi connectivity index (χ2n) is 5.24. The first kappa shape index (κ1) is 14.5. The molecule has 1 aliphatic rings.